The van der Waals surface area contributed by atoms with E-state index in [0.717, 1.165) is 17.8 Å². The number of hydrogen-bond donors (Lipinski definition) is 0. The number of nitrogens with zero attached hydrogens (tertiary/aromatic N) is 3. The van der Waals surface area contributed by atoms with Gasteiger partial charge in [-0.05, 0) is 78.1 Å². The Bertz CT molecular complexity index is 569. The topological polar surface area (TPSA) is 30.7 Å². The molecule has 0 fully saturated rings. The number of aromatic nitrogens is 3. The van der Waals surface area contributed by atoms with Crippen molar-refractivity contribution in [3.8, 4) is 5.69 Å². The number of hydrogen-bond acceptors (Lipinski definition) is 2. The minimum Gasteiger partial charge on any atom is -0.220 e. The van der Waals surface area contributed by atoms with E-state index in [9.17, 15) is 0 Å². The fraction of sp³-hybridized carbons (Fsp3) is 0.286. The van der Waals surface area contributed by atoms with E-state index >= 15 is 0 Å². The lowest BCUT2D eigenvalue weighted by Crippen LogP contribution is -1.94. The van der Waals surface area contributed by atoms with Gasteiger partial charge in [0.15, 0.2) is 0 Å². The van der Waals surface area contributed by atoms with Crippen LogP contribution in [0.5, 0.6) is 0 Å². The predicted molar refractivity (Wildman–Crippen MR) is 80.5 cm³/mol. The van der Waals surface area contributed by atoms with Crippen LogP contribution in [0.2, 0.25) is 0 Å². The van der Waals surface area contributed by atoms with E-state index in [4.69, 9.17) is 0 Å². The molecule has 1 aliphatic rings. The number of halogens is 1. The van der Waals surface area contributed by atoms with E-state index in [0.29, 0.717) is 0 Å². The first-order valence-electron chi connectivity index (χ1n) is 6.20. The highest BCUT2D eigenvalue weighted by molar-refractivity contribution is 14.1. The first-order chi connectivity index (χ1) is 8.83. The van der Waals surface area contributed by atoms with Crippen LogP contribution in [-0.4, -0.2) is 15.0 Å². The number of rotatable bonds is 2. The van der Waals surface area contributed by atoms with Crippen molar-refractivity contribution in [2.75, 3.05) is 0 Å². The van der Waals surface area contributed by atoms with Crippen molar-refractivity contribution < 1.29 is 0 Å². The van der Waals surface area contributed by atoms with Crippen molar-refractivity contribution in [1.82, 2.24) is 15.0 Å². The maximum atomic E-state index is 4.28. The standard InChI is InChI=1S/C14H14IN3/c15-12-6-8-13(9-7-12)18-10-14(16-17-18)11-4-2-1-3-5-11/h4,6-10H,1-3,5H2. The van der Waals surface area contributed by atoms with Gasteiger partial charge in [-0.3, -0.25) is 0 Å². The Labute approximate surface area is 120 Å². The van der Waals surface area contributed by atoms with Crippen molar-refractivity contribution in [3.05, 3.63) is 45.8 Å². The molecule has 2 aromatic rings. The first kappa shape index (κ1) is 11.9. The first-order valence-corrected chi connectivity index (χ1v) is 7.28. The Morgan fingerprint density at radius 1 is 1.11 bits per heavy atom. The summed E-state index contributed by atoms with van der Waals surface area (Å²) in [5, 5.41) is 8.50. The molecular formula is C14H14IN3. The molecule has 0 saturated carbocycles. The van der Waals surface area contributed by atoms with Gasteiger partial charge < -0.3 is 0 Å². The van der Waals surface area contributed by atoms with Gasteiger partial charge in [-0.2, -0.15) is 0 Å². The number of benzene rings is 1. The minimum atomic E-state index is 1.02. The van der Waals surface area contributed by atoms with Crippen molar-refractivity contribution in [2.24, 2.45) is 0 Å². The molecule has 0 N–H and O–H groups in total. The third-order valence-electron chi connectivity index (χ3n) is 3.20. The summed E-state index contributed by atoms with van der Waals surface area (Å²) in [5.41, 5.74) is 3.43. The Balaban J connectivity index is 1.89. The molecule has 1 aromatic heterocycles. The lowest BCUT2D eigenvalue weighted by Gasteiger charge is -2.08. The van der Waals surface area contributed by atoms with Gasteiger partial charge in [-0.25, -0.2) is 4.68 Å². The van der Waals surface area contributed by atoms with Crippen molar-refractivity contribution in [3.63, 3.8) is 0 Å². The van der Waals surface area contributed by atoms with Crippen LogP contribution in [0.3, 0.4) is 0 Å². The maximum Gasteiger partial charge on any atom is 0.109 e. The Morgan fingerprint density at radius 2 is 1.94 bits per heavy atom. The highest BCUT2D eigenvalue weighted by Gasteiger charge is 2.10. The number of allylic oxidation sites excluding steroid dienone is 2. The van der Waals surface area contributed by atoms with Crippen LogP contribution in [0.15, 0.2) is 36.5 Å². The van der Waals surface area contributed by atoms with Gasteiger partial charge in [-0.15, -0.1) is 5.10 Å². The quantitative estimate of drug-likeness (QED) is 0.770. The van der Waals surface area contributed by atoms with E-state index in [2.05, 4.69) is 63.2 Å². The van der Waals surface area contributed by atoms with Gasteiger partial charge in [-0.1, -0.05) is 11.3 Å². The van der Waals surface area contributed by atoms with Crippen LogP contribution >= 0.6 is 22.6 Å². The molecule has 0 amide bonds. The van der Waals surface area contributed by atoms with E-state index in [1.165, 1.54) is 28.4 Å². The van der Waals surface area contributed by atoms with Gasteiger partial charge in [0, 0.05) is 3.57 Å². The molecule has 0 saturated heterocycles. The second-order valence-corrected chi connectivity index (χ2v) is 5.75. The molecule has 1 aromatic carbocycles. The van der Waals surface area contributed by atoms with Gasteiger partial charge in [0.1, 0.15) is 5.69 Å². The summed E-state index contributed by atoms with van der Waals surface area (Å²) in [6.07, 6.45) is 9.19. The molecule has 92 valence electrons. The lowest BCUT2D eigenvalue weighted by atomic mass is 9.98. The third kappa shape index (κ3) is 2.48. The summed E-state index contributed by atoms with van der Waals surface area (Å²) in [6, 6.07) is 8.29. The molecule has 3 rings (SSSR count). The average Bonchev–Trinajstić information content (AvgIpc) is 2.90. The smallest absolute Gasteiger partial charge is 0.109 e. The van der Waals surface area contributed by atoms with Crippen molar-refractivity contribution in [1.29, 1.82) is 0 Å². The molecule has 3 nitrogen and oxygen atoms in total. The zero-order valence-corrected chi connectivity index (χ0v) is 12.2. The summed E-state index contributed by atoms with van der Waals surface area (Å²) >= 11 is 2.30. The second-order valence-electron chi connectivity index (χ2n) is 4.50. The maximum absolute atomic E-state index is 4.28. The Kier molecular flexibility index (Phi) is 3.45. The summed E-state index contributed by atoms with van der Waals surface area (Å²) in [4.78, 5) is 0. The van der Waals surface area contributed by atoms with Gasteiger partial charge in [0.2, 0.25) is 0 Å². The summed E-state index contributed by atoms with van der Waals surface area (Å²) in [6.45, 7) is 0. The van der Waals surface area contributed by atoms with Crippen LogP contribution in [0.4, 0.5) is 0 Å². The minimum absolute atomic E-state index is 1.02. The van der Waals surface area contributed by atoms with Crippen molar-refractivity contribution in [2.45, 2.75) is 25.7 Å². The zero-order chi connectivity index (χ0) is 12.4. The SMILES string of the molecule is Ic1ccc(-n2cc(C3=CCCCC3)nn2)cc1. The largest absolute Gasteiger partial charge is 0.220 e. The van der Waals surface area contributed by atoms with Crippen LogP contribution in [0, 0.1) is 3.57 Å². The molecular weight excluding hydrogens is 337 g/mol. The van der Waals surface area contributed by atoms with Gasteiger partial charge in [0.25, 0.3) is 0 Å². The van der Waals surface area contributed by atoms with E-state index in [-0.39, 0.29) is 0 Å². The molecule has 0 atom stereocenters. The van der Waals surface area contributed by atoms with Crippen LogP contribution < -0.4 is 0 Å². The average molecular weight is 351 g/mol. The highest BCUT2D eigenvalue weighted by Crippen LogP contribution is 2.25. The normalized spacial score (nSPS) is 15.5. The zero-order valence-electron chi connectivity index (χ0n) is 10.0. The van der Waals surface area contributed by atoms with Crippen LogP contribution in [-0.2, 0) is 0 Å². The molecule has 1 aliphatic carbocycles. The van der Waals surface area contributed by atoms with Crippen LogP contribution in [0.25, 0.3) is 11.3 Å². The van der Waals surface area contributed by atoms with Gasteiger partial charge in [0.05, 0.1) is 11.9 Å². The van der Waals surface area contributed by atoms with Crippen molar-refractivity contribution >= 4 is 28.2 Å². The molecule has 18 heavy (non-hydrogen) atoms. The molecule has 0 spiro atoms. The third-order valence-corrected chi connectivity index (χ3v) is 3.92. The molecule has 0 unspecified atom stereocenters. The second kappa shape index (κ2) is 5.22. The molecule has 0 aliphatic heterocycles. The fourth-order valence-electron chi connectivity index (χ4n) is 2.20. The van der Waals surface area contributed by atoms with E-state index in [1.807, 2.05) is 10.9 Å². The molecule has 0 radical (unpaired) electrons. The molecule has 0 bridgehead atoms. The Hall–Kier alpha value is -1.17. The monoisotopic (exact) mass is 351 g/mol. The highest BCUT2D eigenvalue weighted by atomic mass is 127. The summed E-state index contributed by atoms with van der Waals surface area (Å²) in [7, 11) is 0. The summed E-state index contributed by atoms with van der Waals surface area (Å²) in [5.74, 6) is 0. The molecule has 4 heteroatoms. The Morgan fingerprint density at radius 3 is 2.67 bits per heavy atom. The van der Waals surface area contributed by atoms with Gasteiger partial charge >= 0.3 is 0 Å². The van der Waals surface area contributed by atoms with E-state index in [1.54, 1.807) is 0 Å². The van der Waals surface area contributed by atoms with Crippen LogP contribution in [0.1, 0.15) is 31.4 Å². The summed E-state index contributed by atoms with van der Waals surface area (Å²) < 4.78 is 3.08. The lowest BCUT2D eigenvalue weighted by molar-refractivity contribution is 0.738. The molecule has 1 heterocycles. The van der Waals surface area contributed by atoms with E-state index < -0.39 is 0 Å². The predicted octanol–water partition coefficient (Wildman–Crippen LogP) is 3.83. The fourth-order valence-corrected chi connectivity index (χ4v) is 2.56.